The molecule has 6 heteroatoms. The molecule has 0 aliphatic carbocycles. The van der Waals surface area contributed by atoms with Gasteiger partial charge in [-0.3, -0.25) is 5.43 Å². The van der Waals surface area contributed by atoms with Gasteiger partial charge >= 0.3 is 0 Å². The van der Waals surface area contributed by atoms with Crippen LogP contribution in [0.3, 0.4) is 0 Å². The maximum absolute atomic E-state index is 5.66. The third-order valence-corrected chi connectivity index (χ3v) is 3.10. The molecule has 5 nitrogen and oxygen atoms in total. The molecular formula is C16H25N3O2S. The second kappa shape index (κ2) is 11.9. The van der Waals surface area contributed by atoms with Crippen LogP contribution >= 0.6 is 12.2 Å². The lowest BCUT2D eigenvalue weighted by Crippen LogP contribution is -2.34. The quantitative estimate of drug-likeness (QED) is 0.300. The van der Waals surface area contributed by atoms with Gasteiger partial charge in [-0.1, -0.05) is 19.8 Å². The molecule has 1 aromatic rings. The maximum Gasteiger partial charge on any atom is 0.187 e. The third-order valence-electron chi connectivity index (χ3n) is 2.87. The van der Waals surface area contributed by atoms with Crippen molar-refractivity contribution in [3.8, 4) is 5.75 Å². The largest absolute Gasteiger partial charge is 0.494 e. The normalized spacial score (nSPS) is 10.6. The number of nitrogens with zero attached hydrogens (tertiary/aromatic N) is 1. The fraction of sp³-hybridized carbons (Fsp3) is 0.500. The summed E-state index contributed by atoms with van der Waals surface area (Å²) in [6.07, 6.45) is 5.21. The van der Waals surface area contributed by atoms with Gasteiger partial charge in [-0.15, -0.1) is 0 Å². The number of methoxy groups -OCH3 is 1. The predicted molar refractivity (Wildman–Crippen MR) is 94.7 cm³/mol. The Kier molecular flexibility index (Phi) is 9.98. The van der Waals surface area contributed by atoms with Crippen molar-refractivity contribution in [2.45, 2.75) is 26.2 Å². The molecule has 0 atom stereocenters. The summed E-state index contributed by atoms with van der Waals surface area (Å²) in [5, 5.41) is 7.53. The third kappa shape index (κ3) is 8.59. The van der Waals surface area contributed by atoms with Gasteiger partial charge in [-0.05, 0) is 48.5 Å². The van der Waals surface area contributed by atoms with Gasteiger partial charge < -0.3 is 14.8 Å². The first kappa shape index (κ1) is 18.4. The lowest BCUT2D eigenvalue weighted by molar-refractivity contribution is 0.204. The summed E-state index contributed by atoms with van der Waals surface area (Å²) in [6.45, 7) is 4.21. The Balaban J connectivity index is 2.28. The monoisotopic (exact) mass is 323 g/mol. The number of benzene rings is 1. The van der Waals surface area contributed by atoms with Crippen molar-refractivity contribution < 1.29 is 9.47 Å². The minimum atomic E-state index is 0.476. The van der Waals surface area contributed by atoms with Crippen LogP contribution in [0.2, 0.25) is 0 Å². The average molecular weight is 323 g/mol. The molecule has 0 amide bonds. The molecule has 0 saturated heterocycles. The summed E-state index contributed by atoms with van der Waals surface area (Å²) in [7, 11) is 1.65. The molecule has 0 bridgehead atoms. The first-order valence-electron chi connectivity index (χ1n) is 7.55. The van der Waals surface area contributed by atoms with E-state index in [4.69, 9.17) is 21.7 Å². The number of hydrogen-bond acceptors (Lipinski definition) is 4. The minimum Gasteiger partial charge on any atom is -0.494 e. The van der Waals surface area contributed by atoms with Gasteiger partial charge in [0.15, 0.2) is 5.11 Å². The van der Waals surface area contributed by atoms with Crippen molar-refractivity contribution >= 4 is 23.5 Å². The zero-order chi connectivity index (χ0) is 16.0. The molecule has 2 N–H and O–H groups in total. The molecule has 0 aliphatic rings. The summed E-state index contributed by atoms with van der Waals surface area (Å²) >= 11 is 5.06. The smallest absolute Gasteiger partial charge is 0.187 e. The van der Waals surface area contributed by atoms with Crippen molar-refractivity contribution in [2.24, 2.45) is 5.10 Å². The van der Waals surface area contributed by atoms with Crippen molar-refractivity contribution in [3.05, 3.63) is 29.8 Å². The van der Waals surface area contributed by atoms with E-state index in [0.29, 0.717) is 18.3 Å². The van der Waals surface area contributed by atoms with Crippen LogP contribution in [-0.2, 0) is 4.74 Å². The van der Waals surface area contributed by atoms with Crippen molar-refractivity contribution in [3.63, 3.8) is 0 Å². The standard InChI is InChI=1S/C16H25N3O2S/c1-3-4-5-11-21-15-8-6-14(7-9-15)13-18-19-16(22)17-10-12-20-2/h6-9,13H,3-5,10-12H2,1-2H3,(H2,17,19,22)/b18-13+. The lowest BCUT2D eigenvalue weighted by atomic mass is 10.2. The Labute approximate surface area is 138 Å². The first-order valence-corrected chi connectivity index (χ1v) is 7.95. The first-order chi connectivity index (χ1) is 10.8. The maximum atomic E-state index is 5.66. The van der Waals surface area contributed by atoms with E-state index in [1.54, 1.807) is 13.3 Å². The van der Waals surface area contributed by atoms with E-state index in [9.17, 15) is 0 Å². The van der Waals surface area contributed by atoms with Gasteiger partial charge in [0.25, 0.3) is 0 Å². The molecule has 0 radical (unpaired) electrons. The van der Waals surface area contributed by atoms with E-state index in [2.05, 4.69) is 22.8 Å². The Bertz CT molecular complexity index is 449. The molecule has 22 heavy (non-hydrogen) atoms. The number of nitrogens with one attached hydrogen (secondary N) is 2. The Morgan fingerprint density at radius 2 is 2.00 bits per heavy atom. The van der Waals surface area contributed by atoms with E-state index in [0.717, 1.165) is 24.3 Å². The molecule has 1 aromatic carbocycles. The summed E-state index contributed by atoms with van der Waals surface area (Å²) in [5.41, 5.74) is 3.74. The average Bonchev–Trinajstić information content (AvgIpc) is 2.53. The topological polar surface area (TPSA) is 54.9 Å². The Morgan fingerprint density at radius 3 is 2.68 bits per heavy atom. The second-order valence-electron chi connectivity index (χ2n) is 4.74. The number of unbranched alkanes of at least 4 members (excludes halogenated alkanes) is 2. The molecule has 0 heterocycles. The summed E-state index contributed by atoms with van der Waals surface area (Å²) in [4.78, 5) is 0. The number of hydrogen-bond donors (Lipinski definition) is 2. The molecule has 0 fully saturated rings. The number of hydrazone groups is 1. The van der Waals surface area contributed by atoms with E-state index < -0.39 is 0 Å². The van der Waals surface area contributed by atoms with Crippen LogP contribution in [0.5, 0.6) is 5.75 Å². The minimum absolute atomic E-state index is 0.476. The van der Waals surface area contributed by atoms with Crippen LogP contribution in [0.1, 0.15) is 31.7 Å². The molecule has 0 unspecified atom stereocenters. The fourth-order valence-corrected chi connectivity index (χ4v) is 1.82. The summed E-state index contributed by atoms with van der Waals surface area (Å²) in [6, 6.07) is 7.81. The number of thiocarbonyl (C=S) groups is 1. The van der Waals surface area contributed by atoms with Gasteiger partial charge in [0.1, 0.15) is 5.75 Å². The van der Waals surface area contributed by atoms with Crippen molar-refractivity contribution in [1.82, 2.24) is 10.7 Å². The van der Waals surface area contributed by atoms with Crippen molar-refractivity contribution in [1.29, 1.82) is 0 Å². The van der Waals surface area contributed by atoms with Crippen LogP contribution in [0.25, 0.3) is 0 Å². The van der Waals surface area contributed by atoms with Gasteiger partial charge in [-0.2, -0.15) is 5.10 Å². The number of rotatable bonds is 10. The van der Waals surface area contributed by atoms with Crippen LogP contribution < -0.4 is 15.5 Å². The van der Waals surface area contributed by atoms with Crippen LogP contribution in [0.4, 0.5) is 0 Å². The van der Waals surface area contributed by atoms with Gasteiger partial charge in [-0.25, -0.2) is 0 Å². The molecule has 0 aromatic heterocycles. The molecule has 0 saturated carbocycles. The zero-order valence-electron chi connectivity index (χ0n) is 13.3. The molecular weight excluding hydrogens is 298 g/mol. The van der Waals surface area contributed by atoms with Crippen molar-refractivity contribution in [2.75, 3.05) is 26.9 Å². The lowest BCUT2D eigenvalue weighted by Gasteiger charge is -2.06. The SMILES string of the molecule is CCCCCOc1ccc(/C=N/NC(=S)NCCOC)cc1. The van der Waals surface area contributed by atoms with Crippen LogP contribution in [-0.4, -0.2) is 38.2 Å². The second-order valence-corrected chi connectivity index (χ2v) is 5.15. The summed E-state index contributed by atoms with van der Waals surface area (Å²) in [5.74, 6) is 0.887. The van der Waals surface area contributed by atoms with Crippen LogP contribution in [0.15, 0.2) is 29.4 Å². The van der Waals surface area contributed by atoms with E-state index in [1.807, 2.05) is 24.3 Å². The number of ether oxygens (including phenoxy) is 2. The van der Waals surface area contributed by atoms with E-state index in [-0.39, 0.29) is 0 Å². The summed E-state index contributed by atoms with van der Waals surface area (Å²) < 4.78 is 10.6. The Hall–Kier alpha value is -1.66. The van der Waals surface area contributed by atoms with Gasteiger partial charge in [0.2, 0.25) is 0 Å². The molecule has 1 rings (SSSR count). The van der Waals surface area contributed by atoms with E-state index in [1.165, 1.54) is 12.8 Å². The molecule has 122 valence electrons. The fourth-order valence-electron chi connectivity index (χ4n) is 1.66. The van der Waals surface area contributed by atoms with Gasteiger partial charge in [0, 0.05) is 13.7 Å². The molecule has 0 spiro atoms. The highest BCUT2D eigenvalue weighted by Gasteiger charge is 1.95. The highest BCUT2D eigenvalue weighted by molar-refractivity contribution is 7.80. The zero-order valence-corrected chi connectivity index (χ0v) is 14.1. The van der Waals surface area contributed by atoms with E-state index >= 15 is 0 Å². The molecule has 0 aliphatic heterocycles. The highest BCUT2D eigenvalue weighted by atomic mass is 32.1. The van der Waals surface area contributed by atoms with Crippen LogP contribution in [0, 0.1) is 0 Å². The Morgan fingerprint density at radius 1 is 1.23 bits per heavy atom. The highest BCUT2D eigenvalue weighted by Crippen LogP contribution is 2.11. The van der Waals surface area contributed by atoms with Gasteiger partial charge in [0.05, 0.1) is 19.4 Å². The predicted octanol–water partition coefficient (Wildman–Crippen LogP) is 2.70.